The fourth-order valence-corrected chi connectivity index (χ4v) is 2.64. The van der Waals surface area contributed by atoms with Crippen molar-refractivity contribution in [2.24, 2.45) is 0 Å². The minimum absolute atomic E-state index is 0.0239. The summed E-state index contributed by atoms with van der Waals surface area (Å²) in [7, 11) is 1.65. The number of benzene rings is 2. The maximum Gasteiger partial charge on any atom is 0.707 e. The van der Waals surface area contributed by atoms with Gasteiger partial charge in [0.2, 0.25) is 5.82 Å². The number of halogens is 4. The van der Waals surface area contributed by atoms with Crippen LogP contribution in [0.25, 0.3) is 0 Å². The highest BCUT2D eigenvalue weighted by Gasteiger charge is 2.24. The third-order valence-electron chi connectivity index (χ3n) is 3.38. The van der Waals surface area contributed by atoms with Gasteiger partial charge in [0.25, 0.3) is 0 Å². The van der Waals surface area contributed by atoms with E-state index in [-0.39, 0.29) is 6.07 Å². The molecule has 0 saturated carbocycles. The molecule has 26 heavy (non-hydrogen) atoms. The van der Waals surface area contributed by atoms with Gasteiger partial charge in [0.15, 0.2) is 23.2 Å². The van der Waals surface area contributed by atoms with Crippen LogP contribution in [-0.2, 0) is 0 Å². The number of nitrogens with zero attached hydrogens (tertiary/aromatic N) is 1. The second-order valence-electron chi connectivity index (χ2n) is 5.88. The third-order valence-corrected chi connectivity index (χ3v) is 3.38. The SMILES string of the molecule is Cc1cc(C)c(N(C)C)c(C)c1.OB(O)Oc1c(F)cc(F)c(F)c1F. The molecule has 0 radical (unpaired) electrons. The standard InChI is InChI=1S/C11H17N.C6H3BF4O3/c1-8-6-9(2)11(12(4)5)10(3)7-8;8-2-1-3(9)6(14-7(12)13)5(11)4(2)10/h6-7H,1-5H3;1,12-13H. The summed E-state index contributed by atoms with van der Waals surface area (Å²) in [4.78, 5) is 2.17. The average Bonchev–Trinajstić information content (AvgIpc) is 2.48. The van der Waals surface area contributed by atoms with E-state index >= 15 is 0 Å². The normalized spacial score (nSPS) is 10.1. The topological polar surface area (TPSA) is 52.9 Å². The summed E-state index contributed by atoms with van der Waals surface area (Å²) in [6.45, 7) is 6.46. The Kier molecular flexibility index (Phi) is 7.47. The largest absolute Gasteiger partial charge is 0.707 e. The number of rotatable bonds is 3. The highest BCUT2D eigenvalue weighted by Crippen LogP contribution is 2.26. The fraction of sp³-hybridized carbons (Fsp3) is 0.294. The van der Waals surface area contributed by atoms with Gasteiger partial charge in [-0.25, -0.2) is 13.2 Å². The van der Waals surface area contributed by atoms with Gasteiger partial charge in [-0.2, -0.15) is 4.39 Å². The highest BCUT2D eigenvalue weighted by atomic mass is 19.2. The van der Waals surface area contributed by atoms with Crippen LogP contribution in [0.4, 0.5) is 23.2 Å². The van der Waals surface area contributed by atoms with Gasteiger partial charge >= 0.3 is 7.32 Å². The summed E-state index contributed by atoms with van der Waals surface area (Å²) >= 11 is 0. The first kappa shape index (κ1) is 21.8. The van der Waals surface area contributed by atoms with Crippen LogP contribution in [0, 0.1) is 44.0 Å². The molecular formula is C17H20BF4NO3. The van der Waals surface area contributed by atoms with Crippen LogP contribution in [-0.4, -0.2) is 31.5 Å². The van der Waals surface area contributed by atoms with Gasteiger partial charge < -0.3 is 19.6 Å². The summed E-state index contributed by atoms with van der Waals surface area (Å²) in [6.07, 6.45) is 0. The van der Waals surface area contributed by atoms with Crippen LogP contribution in [0.1, 0.15) is 16.7 Å². The van der Waals surface area contributed by atoms with Crippen molar-refractivity contribution in [1.29, 1.82) is 0 Å². The van der Waals surface area contributed by atoms with E-state index in [9.17, 15) is 17.6 Å². The molecule has 0 unspecified atom stereocenters. The monoisotopic (exact) mass is 373 g/mol. The lowest BCUT2D eigenvalue weighted by Gasteiger charge is -2.19. The first-order valence-corrected chi connectivity index (χ1v) is 7.56. The third kappa shape index (κ3) is 5.37. The van der Waals surface area contributed by atoms with Crippen molar-refractivity contribution in [2.45, 2.75) is 20.8 Å². The van der Waals surface area contributed by atoms with Crippen LogP contribution in [0.5, 0.6) is 5.75 Å². The molecule has 0 aromatic heterocycles. The number of hydrogen-bond donors (Lipinski definition) is 2. The molecule has 0 aliphatic heterocycles. The predicted octanol–water partition coefficient (Wildman–Crippen LogP) is 3.27. The Morgan fingerprint density at radius 3 is 1.77 bits per heavy atom. The summed E-state index contributed by atoms with van der Waals surface area (Å²) < 4.78 is 53.9. The smallest absolute Gasteiger partial charge is 0.507 e. The van der Waals surface area contributed by atoms with E-state index in [1.807, 2.05) is 0 Å². The van der Waals surface area contributed by atoms with E-state index in [0.717, 1.165) is 0 Å². The van der Waals surface area contributed by atoms with Gasteiger partial charge in [0.05, 0.1) is 0 Å². The molecule has 4 nitrogen and oxygen atoms in total. The molecule has 2 aromatic carbocycles. The van der Waals surface area contributed by atoms with E-state index in [1.165, 1.54) is 22.4 Å². The molecule has 2 aromatic rings. The van der Waals surface area contributed by atoms with E-state index < -0.39 is 36.3 Å². The van der Waals surface area contributed by atoms with E-state index in [1.54, 1.807) is 0 Å². The molecule has 142 valence electrons. The zero-order valence-corrected chi connectivity index (χ0v) is 15.1. The quantitative estimate of drug-likeness (QED) is 0.375. The molecule has 0 heterocycles. The minimum Gasteiger partial charge on any atom is -0.507 e. The van der Waals surface area contributed by atoms with E-state index in [2.05, 4.69) is 56.6 Å². The lowest BCUT2D eigenvalue weighted by Crippen LogP contribution is -2.22. The van der Waals surface area contributed by atoms with Gasteiger partial charge in [0, 0.05) is 25.8 Å². The first-order chi connectivity index (χ1) is 12.0. The number of aryl methyl sites for hydroxylation is 3. The summed E-state index contributed by atoms with van der Waals surface area (Å²) in [5.41, 5.74) is 5.41. The molecule has 0 amide bonds. The van der Waals surface area contributed by atoms with Crippen LogP contribution >= 0.6 is 0 Å². The van der Waals surface area contributed by atoms with Gasteiger partial charge in [-0.05, 0) is 31.9 Å². The van der Waals surface area contributed by atoms with Crippen molar-refractivity contribution in [3.8, 4) is 5.75 Å². The maximum absolute atomic E-state index is 12.7. The molecule has 0 bridgehead atoms. The zero-order chi connectivity index (χ0) is 20.2. The van der Waals surface area contributed by atoms with Gasteiger partial charge in [-0.15, -0.1) is 0 Å². The Morgan fingerprint density at radius 1 is 0.846 bits per heavy atom. The molecule has 0 fully saturated rings. The zero-order valence-electron chi connectivity index (χ0n) is 15.1. The second-order valence-corrected chi connectivity index (χ2v) is 5.88. The van der Waals surface area contributed by atoms with Crippen molar-refractivity contribution < 1.29 is 32.3 Å². The Balaban J connectivity index is 0.000000263. The van der Waals surface area contributed by atoms with Crippen LogP contribution in [0.2, 0.25) is 0 Å². The summed E-state index contributed by atoms with van der Waals surface area (Å²) in [5, 5.41) is 16.4. The maximum atomic E-state index is 12.7. The fourth-order valence-electron chi connectivity index (χ4n) is 2.64. The minimum atomic E-state index is -2.52. The first-order valence-electron chi connectivity index (χ1n) is 7.56. The molecule has 2 rings (SSSR count). The molecule has 2 N–H and O–H groups in total. The predicted molar refractivity (Wildman–Crippen MR) is 92.1 cm³/mol. The van der Waals surface area contributed by atoms with Crippen molar-refractivity contribution >= 4 is 13.0 Å². The van der Waals surface area contributed by atoms with Gasteiger partial charge in [0.1, 0.15) is 0 Å². The molecule has 0 aliphatic rings. The molecule has 0 aliphatic carbocycles. The molecule has 0 atom stereocenters. The van der Waals surface area contributed by atoms with E-state index in [0.29, 0.717) is 0 Å². The lowest BCUT2D eigenvalue weighted by molar-refractivity contribution is 0.269. The van der Waals surface area contributed by atoms with Gasteiger partial charge in [-0.3, -0.25) is 0 Å². The second kappa shape index (κ2) is 8.91. The highest BCUT2D eigenvalue weighted by molar-refractivity contribution is 6.33. The van der Waals surface area contributed by atoms with Crippen molar-refractivity contribution in [1.82, 2.24) is 0 Å². The van der Waals surface area contributed by atoms with Crippen molar-refractivity contribution in [3.05, 3.63) is 58.2 Å². The number of anilines is 1. The molecule has 9 heteroatoms. The van der Waals surface area contributed by atoms with Crippen molar-refractivity contribution in [2.75, 3.05) is 19.0 Å². The Labute approximate surface area is 149 Å². The number of hydrogen-bond acceptors (Lipinski definition) is 4. The molecule has 0 spiro atoms. The summed E-state index contributed by atoms with van der Waals surface area (Å²) in [6, 6.07) is 4.47. The van der Waals surface area contributed by atoms with Crippen molar-refractivity contribution in [3.63, 3.8) is 0 Å². The Hall–Kier alpha value is -2.26. The average molecular weight is 373 g/mol. The molecule has 0 saturated heterocycles. The summed E-state index contributed by atoms with van der Waals surface area (Å²) in [5.74, 6) is -8.62. The Morgan fingerprint density at radius 2 is 1.35 bits per heavy atom. The van der Waals surface area contributed by atoms with E-state index in [4.69, 9.17) is 10.0 Å². The Bertz CT molecular complexity index is 762. The van der Waals surface area contributed by atoms with Crippen LogP contribution in [0.15, 0.2) is 18.2 Å². The molecular weight excluding hydrogens is 353 g/mol. The van der Waals surface area contributed by atoms with Gasteiger partial charge in [-0.1, -0.05) is 17.7 Å². The van der Waals surface area contributed by atoms with Crippen LogP contribution in [0.3, 0.4) is 0 Å². The lowest BCUT2D eigenvalue weighted by atomic mass is 10.0. The van der Waals surface area contributed by atoms with Crippen LogP contribution < -0.4 is 9.55 Å².